The highest BCUT2D eigenvalue weighted by Crippen LogP contribution is 2.19. The van der Waals surface area contributed by atoms with Gasteiger partial charge in [0.05, 0.1) is 4.90 Å². The molecule has 0 aliphatic carbocycles. The Hall–Kier alpha value is -2.92. The second-order valence-electron chi connectivity index (χ2n) is 7.47. The monoisotopic (exact) mass is 446 g/mol. The van der Waals surface area contributed by atoms with Crippen molar-refractivity contribution in [3.8, 4) is 0 Å². The fourth-order valence-electron chi connectivity index (χ4n) is 3.84. The maximum atomic E-state index is 13.1. The van der Waals surface area contributed by atoms with Crippen LogP contribution in [0.5, 0.6) is 0 Å². The lowest BCUT2D eigenvalue weighted by atomic mass is 10.1. The smallest absolute Gasteiger partial charge is 0.252 e. The second-order valence-corrected chi connectivity index (χ2v) is 9.41. The van der Waals surface area contributed by atoms with E-state index in [9.17, 15) is 17.6 Å². The highest BCUT2D eigenvalue weighted by atomic mass is 32.2. The number of amides is 1. The van der Waals surface area contributed by atoms with E-state index in [-0.39, 0.29) is 23.9 Å². The van der Waals surface area contributed by atoms with Crippen LogP contribution >= 0.6 is 0 Å². The van der Waals surface area contributed by atoms with Gasteiger partial charge in [-0.3, -0.25) is 4.79 Å². The van der Waals surface area contributed by atoms with Gasteiger partial charge in [-0.25, -0.2) is 22.3 Å². The highest BCUT2D eigenvalue weighted by Gasteiger charge is 2.30. The Bertz CT molecular complexity index is 1220. The molecule has 1 amide bonds. The van der Waals surface area contributed by atoms with Gasteiger partial charge in [0.1, 0.15) is 12.1 Å². The molecule has 3 aromatic rings. The van der Waals surface area contributed by atoms with Crippen molar-refractivity contribution in [2.24, 2.45) is 0 Å². The van der Waals surface area contributed by atoms with E-state index in [1.807, 2.05) is 13.8 Å². The van der Waals surface area contributed by atoms with Crippen LogP contribution in [0.1, 0.15) is 23.4 Å². The molecule has 2 aromatic heterocycles. The Morgan fingerprint density at radius 2 is 1.77 bits per heavy atom. The SMILES string of the molecule is Cc1nc2ncnn2c(C)c1CCC(=O)N1CCN(S(=O)(=O)c2ccc(F)cc2)CC1. The molecule has 9 nitrogen and oxygen atoms in total. The number of aryl methyl sites for hydroxylation is 2. The molecule has 0 atom stereocenters. The average Bonchev–Trinajstić information content (AvgIpc) is 3.22. The average molecular weight is 447 g/mol. The van der Waals surface area contributed by atoms with E-state index < -0.39 is 15.8 Å². The van der Waals surface area contributed by atoms with Crippen LogP contribution in [0.25, 0.3) is 5.78 Å². The maximum Gasteiger partial charge on any atom is 0.252 e. The van der Waals surface area contributed by atoms with Gasteiger partial charge < -0.3 is 4.90 Å². The molecule has 1 saturated heterocycles. The molecule has 0 saturated carbocycles. The summed E-state index contributed by atoms with van der Waals surface area (Å²) in [6.45, 7) is 4.86. The molecule has 31 heavy (non-hydrogen) atoms. The van der Waals surface area contributed by atoms with Crippen molar-refractivity contribution >= 4 is 21.7 Å². The lowest BCUT2D eigenvalue weighted by molar-refractivity contribution is -0.132. The van der Waals surface area contributed by atoms with Crippen molar-refractivity contribution in [2.45, 2.75) is 31.6 Å². The third kappa shape index (κ3) is 4.15. The fraction of sp³-hybridized carbons (Fsp3) is 0.400. The summed E-state index contributed by atoms with van der Waals surface area (Å²) in [5, 5.41) is 4.16. The van der Waals surface area contributed by atoms with Crippen LogP contribution in [0, 0.1) is 19.7 Å². The summed E-state index contributed by atoms with van der Waals surface area (Å²) in [5.41, 5.74) is 2.69. The van der Waals surface area contributed by atoms with Gasteiger partial charge in [-0.05, 0) is 50.1 Å². The van der Waals surface area contributed by atoms with E-state index >= 15 is 0 Å². The standard InChI is InChI=1S/C20H23FN6O3S/c1-14-18(15(2)27-20(24-14)22-13-23-27)7-8-19(28)25-9-11-26(12-10-25)31(29,30)17-5-3-16(21)4-6-17/h3-6,13H,7-12H2,1-2H3. The molecule has 1 fully saturated rings. The number of aromatic nitrogens is 4. The fourth-order valence-corrected chi connectivity index (χ4v) is 5.26. The maximum absolute atomic E-state index is 13.1. The minimum atomic E-state index is -3.70. The Morgan fingerprint density at radius 3 is 2.45 bits per heavy atom. The number of hydrogen-bond donors (Lipinski definition) is 0. The van der Waals surface area contributed by atoms with E-state index in [2.05, 4.69) is 15.1 Å². The first-order chi connectivity index (χ1) is 14.8. The minimum absolute atomic E-state index is 0.0312. The van der Waals surface area contributed by atoms with Crippen molar-refractivity contribution < 1.29 is 17.6 Å². The van der Waals surface area contributed by atoms with E-state index in [1.165, 1.54) is 22.8 Å². The van der Waals surface area contributed by atoms with E-state index in [0.29, 0.717) is 31.7 Å². The minimum Gasteiger partial charge on any atom is -0.340 e. The molecule has 0 N–H and O–H groups in total. The molecule has 1 aromatic carbocycles. The molecule has 0 bridgehead atoms. The summed E-state index contributed by atoms with van der Waals surface area (Å²) in [6.07, 6.45) is 2.27. The van der Waals surface area contributed by atoms with Crippen LogP contribution in [-0.2, 0) is 21.2 Å². The summed E-state index contributed by atoms with van der Waals surface area (Å²) < 4.78 is 41.5. The van der Waals surface area contributed by atoms with Gasteiger partial charge in [-0.2, -0.15) is 14.4 Å². The number of hydrogen-bond acceptors (Lipinski definition) is 6. The summed E-state index contributed by atoms with van der Waals surface area (Å²) in [7, 11) is -3.70. The molecule has 164 valence electrons. The summed E-state index contributed by atoms with van der Waals surface area (Å²) >= 11 is 0. The summed E-state index contributed by atoms with van der Waals surface area (Å²) in [4.78, 5) is 23.0. The number of fused-ring (bicyclic) bond motifs is 1. The Balaban J connectivity index is 1.37. The van der Waals surface area contributed by atoms with Gasteiger partial charge >= 0.3 is 0 Å². The number of carbonyl (C=O) groups is 1. The van der Waals surface area contributed by atoms with E-state index in [0.717, 1.165) is 29.1 Å². The van der Waals surface area contributed by atoms with Crippen molar-refractivity contribution in [1.29, 1.82) is 0 Å². The third-order valence-corrected chi connectivity index (χ3v) is 7.53. The van der Waals surface area contributed by atoms with Crippen molar-refractivity contribution in [2.75, 3.05) is 26.2 Å². The van der Waals surface area contributed by atoms with E-state index in [4.69, 9.17) is 0 Å². The molecule has 0 radical (unpaired) electrons. The van der Waals surface area contributed by atoms with Gasteiger partial charge in [-0.1, -0.05) is 0 Å². The molecule has 4 rings (SSSR count). The van der Waals surface area contributed by atoms with Crippen molar-refractivity contribution in [1.82, 2.24) is 28.8 Å². The molecule has 11 heteroatoms. The van der Waals surface area contributed by atoms with Gasteiger partial charge in [0.2, 0.25) is 15.9 Å². The van der Waals surface area contributed by atoms with Gasteiger partial charge in [0.15, 0.2) is 0 Å². The number of piperazine rings is 1. The van der Waals surface area contributed by atoms with Crippen molar-refractivity contribution in [3.63, 3.8) is 0 Å². The lowest BCUT2D eigenvalue weighted by Gasteiger charge is -2.34. The van der Waals surface area contributed by atoms with Crippen LogP contribution in [0.15, 0.2) is 35.5 Å². The Morgan fingerprint density at radius 1 is 1.10 bits per heavy atom. The Kier molecular flexibility index (Phi) is 5.71. The lowest BCUT2D eigenvalue weighted by Crippen LogP contribution is -2.50. The quantitative estimate of drug-likeness (QED) is 0.586. The largest absolute Gasteiger partial charge is 0.340 e. The third-order valence-electron chi connectivity index (χ3n) is 5.62. The first-order valence-corrected chi connectivity index (χ1v) is 11.4. The molecular weight excluding hydrogens is 423 g/mol. The zero-order valence-corrected chi connectivity index (χ0v) is 18.1. The molecule has 3 heterocycles. The number of sulfonamides is 1. The van der Waals surface area contributed by atoms with Gasteiger partial charge in [0, 0.05) is 44.0 Å². The molecular formula is C20H23FN6O3S. The highest BCUT2D eigenvalue weighted by molar-refractivity contribution is 7.89. The predicted octanol–water partition coefficient (Wildman–Crippen LogP) is 1.35. The number of rotatable bonds is 5. The molecule has 0 spiro atoms. The summed E-state index contributed by atoms with van der Waals surface area (Å²) in [5.74, 6) is 0.0119. The first-order valence-electron chi connectivity index (χ1n) is 9.96. The van der Waals surface area contributed by atoms with Crippen LogP contribution < -0.4 is 0 Å². The van der Waals surface area contributed by atoms with Crippen molar-refractivity contribution in [3.05, 3.63) is 53.4 Å². The van der Waals surface area contributed by atoms with Gasteiger partial charge in [0.25, 0.3) is 5.78 Å². The van der Waals surface area contributed by atoms with Gasteiger partial charge in [-0.15, -0.1) is 0 Å². The first kappa shape index (κ1) is 21.3. The predicted molar refractivity (Wildman–Crippen MR) is 110 cm³/mol. The van der Waals surface area contributed by atoms with E-state index in [1.54, 1.807) is 9.42 Å². The summed E-state index contributed by atoms with van der Waals surface area (Å²) in [6, 6.07) is 4.77. The van der Waals surface area contributed by atoms with Crippen LogP contribution in [0.2, 0.25) is 0 Å². The normalized spacial score (nSPS) is 15.5. The number of nitrogens with zero attached hydrogens (tertiary/aromatic N) is 6. The number of carbonyl (C=O) groups excluding carboxylic acids is 1. The second kappa shape index (κ2) is 8.31. The molecule has 0 unspecified atom stereocenters. The molecule has 1 aliphatic heterocycles. The Labute approximate surface area is 179 Å². The van der Waals surface area contributed by atoms with Crippen LogP contribution in [0.4, 0.5) is 4.39 Å². The zero-order chi connectivity index (χ0) is 22.2. The number of halogens is 1. The number of benzene rings is 1. The molecule has 1 aliphatic rings. The van der Waals surface area contributed by atoms with Crippen LogP contribution in [-0.4, -0.2) is 69.3 Å². The zero-order valence-electron chi connectivity index (χ0n) is 17.3. The van der Waals surface area contributed by atoms with Crippen LogP contribution in [0.3, 0.4) is 0 Å². The topological polar surface area (TPSA) is 101 Å².